The van der Waals surface area contributed by atoms with Crippen LogP contribution in [0.1, 0.15) is 19.4 Å². The lowest BCUT2D eigenvalue weighted by Gasteiger charge is -1.98. The number of hydrogen-bond acceptors (Lipinski definition) is 2. The molecule has 0 aliphatic heterocycles. The zero-order valence-electron chi connectivity index (χ0n) is 8.71. The molecule has 0 bridgehead atoms. The van der Waals surface area contributed by atoms with E-state index in [1.54, 1.807) is 12.1 Å². The zero-order valence-corrected chi connectivity index (χ0v) is 8.71. The topological polar surface area (TPSA) is 26.3 Å². The van der Waals surface area contributed by atoms with Crippen LogP contribution in [0.3, 0.4) is 0 Å². The van der Waals surface area contributed by atoms with Crippen molar-refractivity contribution in [1.82, 2.24) is 0 Å². The molecule has 0 heterocycles. The number of carbonyl (C=O) groups excluding carboxylic acids is 1. The van der Waals surface area contributed by atoms with Gasteiger partial charge in [-0.3, -0.25) is 4.79 Å². The quantitative estimate of drug-likeness (QED) is 0.683. The normalized spacial score (nSPS) is 8.57. The van der Waals surface area contributed by atoms with Crippen LogP contribution in [0.25, 0.3) is 0 Å². The minimum absolute atomic E-state index is 0.191. The summed E-state index contributed by atoms with van der Waals surface area (Å²) in [5.74, 6) is -0.620. The number of halogens is 1. The van der Waals surface area contributed by atoms with Gasteiger partial charge in [-0.1, -0.05) is 26.0 Å². The van der Waals surface area contributed by atoms with E-state index in [0.717, 1.165) is 5.56 Å². The number of ether oxygens (including phenoxy) is 1. The van der Waals surface area contributed by atoms with Crippen molar-refractivity contribution in [2.75, 3.05) is 7.11 Å². The predicted molar refractivity (Wildman–Crippen MR) is 53.5 cm³/mol. The maximum atomic E-state index is 12.4. The second-order valence-corrected chi connectivity index (χ2v) is 2.38. The highest BCUT2D eigenvalue weighted by atomic mass is 19.1. The van der Waals surface area contributed by atoms with Crippen LogP contribution in [0.4, 0.5) is 4.39 Å². The fourth-order valence-corrected chi connectivity index (χ4v) is 0.841. The summed E-state index contributed by atoms with van der Waals surface area (Å²) in [7, 11) is 1.33. The van der Waals surface area contributed by atoms with Crippen molar-refractivity contribution in [3.8, 4) is 0 Å². The van der Waals surface area contributed by atoms with E-state index in [0.29, 0.717) is 0 Å². The lowest BCUT2D eigenvalue weighted by molar-refractivity contribution is -0.139. The molecule has 3 heteroatoms. The SMILES string of the molecule is CC.COC(=O)Cc1ccc(F)cc1. The van der Waals surface area contributed by atoms with E-state index in [2.05, 4.69) is 4.74 Å². The molecule has 0 saturated carbocycles. The van der Waals surface area contributed by atoms with Gasteiger partial charge < -0.3 is 4.74 Å². The first-order valence-corrected chi connectivity index (χ1v) is 4.53. The van der Waals surface area contributed by atoms with Gasteiger partial charge in [-0.15, -0.1) is 0 Å². The summed E-state index contributed by atoms with van der Waals surface area (Å²) >= 11 is 0. The van der Waals surface area contributed by atoms with Crippen LogP contribution in [0, 0.1) is 5.82 Å². The summed E-state index contributed by atoms with van der Waals surface area (Å²) in [5.41, 5.74) is 0.753. The van der Waals surface area contributed by atoms with E-state index < -0.39 is 0 Å². The third kappa shape index (κ3) is 4.60. The van der Waals surface area contributed by atoms with Gasteiger partial charge in [0.15, 0.2) is 0 Å². The summed E-state index contributed by atoms with van der Waals surface area (Å²) in [6.45, 7) is 4.00. The fourth-order valence-electron chi connectivity index (χ4n) is 0.841. The molecular weight excluding hydrogens is 183 g/mol. The molecule has 0 aromatic heterocycles. The summed E-state index contributed by atoms with van der Waals surface area (Å²) in [4.78, 5) is 10.8. The van der Waals surface area contributed by atoms with E-state index in [1.807, 2.05) is 13.8 Å². The van der Waals surface area contributed by atoms with Gasteiger partial charge in [-0.2, -0.15) is 0 Å². The molecule has 14 heavy (non-hydrogen) atoms. The first-order valence-electron chi connectivity index (χ1n) is 4.53. The third-order valence-electron chi connectivity index (χ3n) is 1.49. The monoisotopic (exact) mass is 198 g/mol. The van der Waals surface area contributed by atoms with Gasteiger partial charge in [-0.25, -0.2) is 4.39 Å². The molecular formula is C11H15FO2. The second-order valence-electron chi connectivity index (χ2n) is 2.38. The number of carbonyl (C=O) groups is 1. The lowest BCUT2D eigenvalue weighted by Crippen LogP contribution is -2.04. The van der Waals surface area contributed by atoms with E-state index in [9.17, 15) is 9.18 Å². The summed E-state index contributed by atoms with van der Waals surface area (Å²) in [5, 5.41) is 0. The van der Waals surface area contributed by atoms with E-state index in [4.69, 9.17) is 0 Å². The van der Waals surface area contributed by atoms with Crippen LogP contribution in [-0.4, -0.2) is 13.1 Å². The molecule has 0 amide bonds. The van der Waals surface area contributed by atoms with Gasteiger partial charge in [-0.05, 0) is 17.7 Å². The van der Waals surface area contributed by atoms with Crippen molar-refractivity contribution in [2.24, 2.45) is 0 Å². The Bertz CT molecular complexity index is 267. The van der Waals surface area contributed by atoms with Gasteiger partial charge in [0.1, 0.15) is 5.82 Å². The Balaban J connectivity index is 0.000000791. The molecule has 0 spiro atoms. The summed E-state index contributed by atoms with van der Waals surface area (Å²) in [6.07, 6.45) is 0.191. The molecule has 0 fully saturated rings. The van der Waals surface area contributed by atoms with E-state index in [-0.39, 0.29) is 18.2 Å². The standard InChI is InChI=1S/C9H9FO2.C2H6/c1-12-9(11)6-7-2-4-8(10)5-3-7;1-2/h2-5H,6H2,1H3;1-2H3. The minimum Gasteiger partial charge on any atom is -0.469 e. The minimum atomic E-state index is -0.318. The van der Waals surface area contributed by atoms with Crippen LogP contribution in [0.5, 0.6) is 0 Å². The number of esters is 1. The molecule has 0 aliphatic carbocycles. The smallest absolute Gasteiger partial charge is 0.309 e. The van der Waals surface area contributed by atoms with Gasteiger partial charge in [0.2, 0.25) is 0 Å². The molecule has 0 saturated heterocycles. The first-order chi connectivity index (χ1) is 6.72. The molecule has 0 aliphatic rings. The largest absolute Gasteiger partial charge is 0.469 e. The van der Waals surface area contributed by atoms with Crippen molar-refractivity contribution in [3.63, 3.8) is 0 Å². The van der Waals surface area contributed by atoms with E-state index in [1.165, 1.54) is 19.2 Å². The highest BCUT2D eigenvalue weighted by Gasteiger charge is 2.01. The molecule has 0 radical (unpaired) electrons. The Kier molecular flexibility index (Phi) is 6.37. The number of benzene rings is 1. The summed E-state index contributed by atoms with van der Waals surface area (Å²) in [6, 6.07) is 5.76. The average molecular weight is 198 g/mol. The van der Waals surface area contributed by atoms with Crippen molar-refractivity contribution >= 4 is 5.97 Å². The van der Waals surface area contributed by atoms with Crippen LogP contribution in [0.15, 0.2) is 24.3 Å². The molecule has 0 unspecified atom stereocenters. The lowest BCUT2D eigenvalue weighted by atomic mass is 10.1. The van der Waals surface area contributed by atoms with E-state index >= 15 is 0 Å². The summed E-state index contributed by atoms with van der Waals surface area (Å²) < 4.78 is 16.8. The Hall–Kier alpha value is -1.38. The highest BCUT2D eigenvalue weighted by molar-refractivity contribution is 5.72. The molecule has 1 aromatic carbocycles. The molecule has 2 nitrogen and oxygen atoms in total. The van der Waals surface area contributed by atoms with Crippen LogP contribution >= 0.6 is 0 Å². The fraction of sp³-hybridized carbons (Fsp3) is 0.364. The number of rotatable bonds is 2. The molecule has 1 rings (SSSR count). The molecule has 1 aromatic rings. The number of hydrogen-bond donors (Lipinski definition) is 0. The Labute approximate surface area is 83.7 Å². The van der Waals surface area contributed by atoms with Crippen molar-refractivity contribution in [1.29, 1.82) is 0 Å². The Morgan fingerprint density at radius 3 is 2.21 bits per heavy atom. The van der Waals surface area contributed by atoms with Gasteiger partial charge in [0.05, 0.1) is 13.5 Å². The van der Waals surface area contributed by atoms with Gasteiger partial charge in [0.25, 0.3) is 0 Å². The predicted octanol–water partition coefficient (Wildman–Crippen LogP) is 2.57. The van der Waals surface area contributed by atoms with Gasteiger partial charge in [0, 0.05) is 0 Å². The second kappa shape index (κ2) is 7.06. The first kappa shape index (κ1) is 12.6. The van der Waals surface area contributed by atoms with Gasteiger partial charge >= 0.3 is 5.97 Å². The third-order valence-corrected chi connectivity index (χ3v) is 1.49. The average Bonchev–Trinajstić information content (AvgIpc) is 2.24. The van der Waals surface area contributed by atoms with Crippen molar-refractivity contribution in [3.05, 3.63) is 35.6 Å². The Morgan fingerprint density at radius 2 is 1.79 bits per heavy atom. The maximum absolute atomic E-state index is 12.4. The van der Waals surface area contributed by atoms with Crippen LogP contribution in [0.2, 0.25) is 0 Å². The number of methoxy groups -OCH3 is 1. The zero-order chi connectivity index (χ0) is 11.0. The Morgan fingerprint density at radius 1 is 1.29 bits per heavy atom. The molecule has 0 N–H and O–H groups in total. The van der Waals surface area contributed by atoms with Crippen LogP contribution < -0.4 is 0 Å². The van der Waals surface area contributed by atoms with Crippen molar-refractivity contribution < 1.29 is 13.9 Å². The molecule has 0 atom stereocenters. The highest BCUT2D eigenvalue weighted by Crippen LogP contribution is 2.03. The van der Waals surface area contributed by atoms with Crippen molar-refractivity contribution in [2.45, 2.75) is 20.3 Å². The maximum Gasteiger partial charge on any atom is 0.309 e. The van der Waals surface area contributed by atoms with Crippen LogP contribution in [-0.2, 0) is 16.0 Å². The molecule has 78 valence electrons.